The van der Waals surface area contributed by atoms with Crippen molar-refractivity contribution in [1.82, 2.24) is 14.3 Å². The van der Waals surface area contributed by atoms with Crippen LogP contribution in [0.5, 0.6) is 5.75 Å². The zero-order valence-electron chi connectivity index (χ0n) is 13.9. The lowest BCUT2D eigenvalue weighted by Gasteiger charge is -2.16. The number of carbonyl (C=O) groups excluding carboxylic acids is 1. The first-order chi connectivity index (χ1) is 12.2. The Kier molecular flexibility index (Phi) is 4.19. The molecule has 5 nitrogen and oxygen atoms in total. The Morgan fingerprint density at radius 1 is 1.32 bits per heavy atom. The number of imidazole rings is 1. The van der Waals surface area contributed by atoms with E-state index in [2.05, 4.69) is 4.98 Å². The zero-order valence-corrected chi connectivity index (χ0v) is 15.6. The van der Waals surface area contributed by atoms with Crippen LogP contribution in [0.2, 0.25) is 0 Å². The van der Waals surface area contributed by atoms with Crippen LogP contribution < -0.4 is 4.74 Å². The highest BCUT2D eigenvalue weighted by atomic mass is 32.1. The summed E-state index contributed by atoms with van der Waals surface area (Å²) in [5, 5.41) is 2.00. The van der Waals surface area contributed by atoms with E-state index in [-0.39, 0.29) is 5.91 Å². The fraction of sp³-hybridized carbons (Fsp3) is 0.222. The van der Waals surface area contributed by atoms with Crippen LogP contribution >= 0.6 is 22.7 Å². The van der Waals surface area contributed by atoms with Gasteiger partial charge in [0.2, 0.25) is 0 Å². The Morgan fingerprint density at radius 3 is 2.88 bits per heavy atom. The van der Waals surface area contributed by atoms with Gasteiger partial charge >= 0.3 is 0 Å². The van der Waals surface area contributed by atoms with E-state index < -0.39 is 0 Å². The fourth-order valence-electron chi connectivity index (χ4n) is 2.74. The smallest absolute Gasteiger partial charge is 0.264 e. The minimum atomic E-state index is 0.0147. The maximum Gasteiger partial charge on any atom is 0.264 e. The molecular formula is C18H17N3O2S2. The summed E-state index contributed by atoms with van der Waals surface area (Å²) < 4.78 is 7.48. The van der Waals surface area contributed by atoms with Crippen LogP contribution in [-0.2, 0) is 6.54 Å². The second kappa shape index (κ2) is 6.50. The molecule has 128 valence electrons. The highest BCUT2D eigenvalue weighted by molar-refractivity contribution is 7.21. The summed E-state index contributed by atoms with van der Waals surface area (Å²) in [5.41, 5.74) is 2.07. The molecule has 0 aliphatic heterocycles. The third-order valence-electron chi connectivity index (χ3n) is 3.95. The first-order valence-corrected chi connectivity index (χ1v) is 9.67. The summed E-state index contributed by atoms with van der Waals surface area (Å²) in [5.74, 6) is 0.862. The Morgan fingerprint density at radius 2 is 2.12 bits per heavy atom. The molecule has 0 aliphatic carbocycles. The number of thiophene rings is 1. The van der Waals surface area contributed by atoms with Gasteiger partial charge in [0.1, 0.15) is 10.6 Å². The van der Waals surface area contributed by atoms with E-state index in [0.29, 0.717) is 18.0 Å². The standard InChI is InChI=1S/C18H17N3O2S2/c1-3-23-13-6-4-12(5-7-13)11-20(2)17(22)15-10-14-16(25-15)19-18-21(14)8-9-24-18/h4-10H,3,11H2,1-2H3. The van der Waals surface area contributed by atoms with E-state index in [4.69, 9.17) is 4.74 Å². The molecule has 4 rings (SSSR count). The van der Waals surface area contributed by atoms with Gasteiger partial charge in [-0.1, -0.05) is 12.1 Å². The topological polar surface area (TPSA) is 46.8 Å². The van der Waals surface area contributed by atoms with Gasteiger partial charge in [-0.2, -0.15) is 0 Å². The maximum atomic E-state index is 12.7. The number of aromatic nitrogens is 2. The van der Waals surface area contributed by atoms with Gasteiger partial charge in [-0.25, -0.2) is 4.98 Å². The molecule has 0 saturated heterocycles. The molecule has 0 unspecified atom stereocenters. The number of hydrogen-bond acceptors (Lipinski definition) is 5. The minimum absolute atomic E-state index is 0.0147. The molecule has 0 spiro atoms. The lowest BCUT2D eigenvalue weighted by atomic mass is 10.2. The molecule has 0 atom stereocenters. The van der Waals surface area contributed by atoms with Crippen LogP contribution in [0.1, 0.15) is 22.2 Å². The van der Waals surface area contributed by atoms with E-state index in [9.17, 15) is 4.79 Å². The Bertz CT molecular complexity index is 1030. The second-order valence-corrected chi connectivity index (χ2v) is 7.61. The van der Waals surface area contributed by atoms with Crippen molar-refractivity contribution >= 4 is 43.9 Å². The third kappa shape index (κ3) is 3.01. The molecule has 0 saturated carbocycles. The van der Waals surface area contributed by atoms with E-state index >= 15 is 0 Å². The monoisotopic (exact) mass is 371 g/mol. The summed E-state index contributed by atoms with van der Waals surface area (Å²) in [4.78, 5) is 21.6. The number of fused-ring (bicyclic) bond motifs is 3. The van der Waals surface area contributed by atoms with Crippen LogP contribution in [0.15, 0.2) is 41.9 Å². The van der Waals surface area contributed by atoms with Crippen molar-refractivity contribution in [3.63, 3.8) is 0 Å². The molecule has 0 aliphatic rings. The summed E-state index contributed by atoms with van der Waals surface area (Å²) in [6, 6.07) is 9.79. The predicted octanol–water partition coefficient (Wildman–Crippen LogP) is 4.28. The first kappa shape index (κ1) is 16.1. The molecular weight excluding hydrogens is 354 g/mol. The van der Waals surface area contributed by atoms with Gasteiger partial charge in [-0.3, -0.25) is 9.20 Å². The van der Waals surface area contributed by atoms with Crippen molar-refractivity contribution in [2.24, 2.45) is 0 Å². The van der Waals surface area contributed by atoms with Crippen LogP contribution in [0, 0.1) is 0 Å². The van der Waals surface area contributed by atoms with E-state index in [1.54, 1.807) is 16.2 Å². The lowest BCUT2D eigenvalue weighted by Crippen LogP contribution is -2.25. The quantitative estimate of drug-likeness (QED) is 0.526. The van der Waals surface area contributed by atoms with Gasteiger partial charge in [0, 0.05) is 25.2 Å². The number of carbonyl (C=O) groups is 1. The summed E-state index contributed by atoms with van der Waals surface area (Å²) in [6.07, 6.45) is 1.99. The van der Waals surface area contributed by atoms with Gasteiger partial charge in [-0.15, -0.1) is 22.7 Å². The van der Waals surface area contributed by atoms with Crippen LogP contribution in [0.25, 0.3) is 15.3 Å². The summed E-state index contributed by atoms with van der Waals surface area (Å²) >= 11 is 3.04. The molecule has 1 amide bonds. The molecule has 4 aromatic rings. The number of amides is 1. The van der Waals surface area contributed by atoms with Gasteiger partial charge in [-0.05, 0) is 30.7 Å². The third-order valence-corrected chi connectivity index (χ3v) is 5.71. The summed E-state index contributed by atoms with van der Waals surface area (Å²) in [6.45, 7) is 3.17. The van der Waals surface area contributed by atoms with Crippen molar-refractivity contribution < 1.29 is 9.53 Å². The van der Waals surface area contributed by atoms with Crippen LogP contribution in [0.3, 0.4) is 0 Å². The normalized spacial score (nSPS) is 11.3. The van der Waals surface area contributed by atoms with Crippen LogP contribution in [-0.4, -0.2) is 33.8 Å². The number of thiazole rings is 1. The largest absolute Gasteiger partial charge is 0.494 e. The first-order valence-electron chi connectivity index (χ1n) is 7.98. The highest BCUT2D eigenvalue weighted by Crippen LogP contribution is 2.29. The molecule has 1 aromatic carbocycles. The number of rotatable bonds is 5. The number of hydrogen-bond donors (Lipinski definition) is 0. The van der Waals surface area contributed by atoms with Crippen molar-refractivity contribution in [1.29, 1.82) is 0 Å². The van der Waals surface area contributed by atoms with Crippen molar-refractivity contribution in [3.05, 3.63) is 52.3 Å². The number of nitrogens with zero attached hydrogens (tertiary/aromatic N) is 3. The molecule has 0 N–H and O–H groups in total. The Balaban J connectivity index is 1.52. The average Bonchev–Trinajstić information content (AvgIpc) is 3.28. The Labute approximate surface area is 153 Å². The fourth-order valence-corrected chi connectivity index (χ4v) is 4.54. The maximum absolute atomic E-state index is 12.7. The lowest BCUT2D eigenvalue weighted by molar-refractivity contribution is 0.0790. The molecule has 3 heterocycles. The average molecular weight is 371 g/mol. The Hall–Kier alpha value is -2.38. The molecule has 0 bridgehead atoms. The van der Waals surface area contributed by atoms with Crippen molar-refractivity contribution in [3.8, 4) is 5.75 Å². The van der Waals surface area contributed by atoms with Crippen molar-refractivity contribution in [2.75, 3.05) is 13.7 Å². The minimum Gasteiger partial charge on any atom is -0.494 e. The molecule has 25 heavy (non-hydrogen) atoms. The van der Waals surface area contributed by atoms with Gasteiger partial charge in [0.05, 0.1) is 17.0 Å². The highest BCUT2D eigenvalue weighted by Gasteiger charge is 2.18. The molecule has 3 aromatic heterocycles. The summed E-state index contributed by atoms with van der Waals surface area (Å²) in [7, 11) is 1.82. The van der Waals surface area contributed by atoms with Gasteiger partial charge in [0.15, 0.2) is 4.96 Å². The second-order valence-electron chi connectivity index (χ2n) is 5.71. The number of benzene rings is 1. The molecule has 7 heteroatoms. The number of ether oxygens (including phenoxy) is 1. The van der Waals surface area contributed by atoms with Crippen LogP contribution in [0.4, 0.5) is 0 Å². The molecule has 0 radical (unpaired) electrons. The van der Waals surface area contributed by atoms with Gasteiger partial charge in [0.25, 0.3) is 5.91 Å². The van der Waals surface area contributed by atoms with Crippen molar-refractivity contribution in [2.45, 2.75) is 13.5 Å². The van der Waals surface area contributed by atoms with Gasteiger partial charge < -0.3 is 9.64 Å². The predicted molar refractivity (Wildman–Crippen MR) is 102 cm³/mol. The van der Waals surface area contributed by atoms with E-state index in [0.717, 1.165) is 26.6 Å². The van der Waals surface area contributed by atoms with E-state index in [1.165, 1.54) is 11.3 Å². The zero-order chi connectivity index (χ0) is 17.4. The SMILES string of the molecule is CCOc1ccc(CN(C)C(=O)c2cc3c(nc4sccn43)s2)cc1. The van der Waals surface area contributed by atoms with E-state index in [1.807, 2.05) is 60.3 Å². The molecule has 0 fully saturated rings.